The minimum Gasteiger partial charge on any atom is -0.298 e. The number of nitro groups is 1. The number of carbonyl (C=O) groups excluding carboxylic acids is 1. The van der Waals surface area contributed by atoms with E-state index in [-0.39, 0.29) is 10.9 Å². The zero-order valence-corrected chi connectivity index (χ0v) is 16.0. The summed E-state index contributed by atoms with van der Waals surface area (Å²) in [6.07, 6.45) is 2.89. The first kappa shape index (κ1) is 18.0. The molecule has 0 bridgehead atoms. The number of rotatable bonds is 5. The number of nitrogens with one attached hydrogen (secondary N) is 1. The number of hydrogen-bond donors (Lipinski definition) is 1. The van der Waals surface area contributed by atoms with Gasteiger partial charge >= 0.3 is 5.00 Å². The molecule has 138 valence electrons. The molecule has 0 aliphatic rings. The molecule has 2 aromatic heterocycles. The monoisotopic (exact) mass is 407 g/mol. The van der Waals surface area contributed by atoms with Crippen molar-refractivity contribution in [1.29, 1.82) is 0 Å². The van der Waals surface area contributed by atoms with E-state index in [4.69, 9.17) is 0 Å². The van der Waals surface area contributed by atoms with Crippen LogP contribution in [0.1, 0.15) is 4.88 Å². The van der Waals surface area contributed by atoms with Gasteiger partial charge in [-0.2, -0.15) is 0 Å². The van der Waals surface area contributed by atoms with E-state index < -0.39 is 4.92 Å². The second kappa shape index (κ2) is 7.71. The third-order valence-electron chi connectivity index (χ3n) is 3.99. The molecule has 0 radical (unpaired) electrons. The topological polar surface area (TPSA) is 85.1 Å². The molecule has 1 N–H and O–H groups in total. The Morgan fingerprint density at radius 1 is 1.11 bits per heavy atom. The van der Waals surface area contributed by atoms with Gasteiger partial charge in [0.25, 0.3) is 0 Å². The van der Waals surface area contributed by atoms with Gasteiger partial charge in [-0.05, 0) is 22.9 Å². The first-order valence-electron chi connectivity index (χ1n) is 8.27. The van der Waals surface area contributed by atoms with Crippen LogP contribution in [-0.2, 0) is 4.79 Å². The number of thiazole rings is 1. The maximum absolute atomic E-state index is 12.1. The third kappa shape index (κ3) is 3.83. The van der Waals surface area contributed by atoms with Crippen molar-refractivity contribution in [3.8, 4) is 11.3 Å². The molecular weight excluding hydrogens is 394 g/mol. The van der Waals surface area contributed by atoms with Gasteiger partial charge in [-0.25, -0.2) is 4.98 Å². The van der Waals surface area contributed by atoms with Crippen molar-refractivity contribution in [3.63, 3.8) is 0 Å². The lowest BCUT2D eigenvalue weighted by Gasteiger charge is -2.03. The Labute approximate surface area is 167 Å². The van der Waals surface area contributed by atoms with Crippen LogP contribution in [-0.4, -0.2) is 15.8 Å². The second-order valence-corrected chi connectivity index (χ2v) is 7.77. The Balaban J connectivity index is 1.49. The number of amides is 1. The van der Waals surface area contributed by atoms with E-state index in [1.165, 1.54) is 23.5 Å². The van der Waals surface area contributed by atoms with Gasteiger partial charge in [0.2, 0.25) is 5.91 Å². The Bertz CT molecular complexity index is 1200. The van der Waals surface area contributed by atoms with Gasteiger partial charge in [0.05, 0.1) is 10.6 Å². The summed E-state index contributed by atoms with van der Waals surface area (Å²) in [6.45, 7) is 0. The third-order valence-corrected chi connectivity index (χ3v) is 5.75. The van der Waals surface area contributed by atoms with Crippen molar-refractivity contribution in [3.05, 3.63) is 81.0 Å². The van der Waals surface area contributed by atoms with Gasteiger partial charge in [-0.1, -0.05) is 53.8 Å². The minimum absolute atomic E-state index is 0.0414. The molecule has 8 heteroatoms. The quantitative estimate of drug-likeness (QED) is 0.266. The summed E-state index contributed by atoms with van der Waals surface area (Å²) in [7, 11) is 0. The fourth-order valence-electron chi connectivity index (χ4n) is 2.74. The summed E-state index contributed by atoms with van der Waals surface area (Å²) >= 11 is 2.36. The van der Waals surface area contributed by atoms with E-state index in [0.717, 1.165) is 33.4 Å². The lowest BCUT2D eigenvalue weighted by molar-refractivity contribution is -0.380. The van der Waals surface area contributed by atoms with Crippen LogP contribution in [0.5, 0.6) is 0 Å². The van der Waals surface area contributed by atoms with Crippen LogP contribution >= 0.6 is 22.7 Å². The van der Waals surface area contributed by atoms with E-state index in [9.17, 15) is 14.9 Å². The van der Waals surface area contributed by atoms with Gasteiger partial charge in [-0.3, -0.25) is 20.2 Å². The molecule has 4 aromatic rings. The normalized spacial score (nSPS) is 11.1. The van der Waals surface area contributed by atoms with Crippen molar-refractivity contribution >= 4 is 55.6 Å². The summed E-state index contributed by atoms with van der Waals surface area (Å²) < 4.78 is 0. The van der Waals surface area contributed by atoms with Crippen molar-refractivity contribution in [1.82, 2.24) is 4.98 Å². The molecule has 4 rings (SSSR count). The second-order valence-electron chi connectivity index (χ2n) is 5.82. The largest absolute Gasteiger partial charge is 0.324 e. The van der Waals surface area contributed by atoms with Gasteiger partial charge < -0.3 is 0 Å². The van der Waals surface area contributed by atoms with Gasteiger partial charge in [0.15, 0.2) is 5.13 Å². The summed E-state index contributed by atoms with van der Waals surface area (Å²) in [5.74, 6) is -0.338. The fourth-order valence-corrected chi connectivity index (χ4v) is 4.18. The van der Waals surface area contributed by atoms with E-state index >= 15 is 0 Å². The van der Waals surface area contributed by atoms with Crippen molar-refractivity contribution in [2.75, 3.05) is 5.32 Å². The maximum atomic E-state index is 12.1. The minimum atomic E-state index is -0.452. The number of thiophene rings is 1. The molecule has 0 saturated heterocycles. The Hall–Kier alpha value is -3.36. The molecule has 0 unspecified atom stereocenters. The standard InChI is InChI=1S/C20H13N3O3S2/c24-18(10-8-14-9-11-19(28-14)23(25)26)22-20-21-17(12-27-20)16-7-3-5-13-4-1-2-6-15(13)16/h1-12H,(H,21,22,24). The molecule has 0 aliphatic carbocycles. The molecule has 2 aromatic carbocycles. The lowest BCUT2D eigenvalue weighted by atomic mass is 10.0. The van der Waals surface area contributed by atoms with Crippen LogP contribution in [0, 0.1) is 10.1 Å². The number of fused-ring (bicyclic) bond motifs is 1. The average molecular weight is 407 g/mol. The van der Waals surface area contributed by atoms with E-state index in [0.29, 0.717) is 10.0 Å². The number of anilines is 1. The SMILES string of the molecule is O=C(C=Cc1ccc([N+](=O)[O-])s1)Nc1nc(-c2cccc3ccccc23)cs1. The smallest absolute Gasteiger partial charge is 0.298 e. The summed E-state index contributed by atoms with van der Waals surface area (Å²) in [4.78, 5) is 27.5. The Morgan fingerprint density at radius 3 is 2.75 bits per heavy atom. The number of aromatic nitrogens is 1. The molecule has 1 amide bonds. The van der Waals surface area contributed by atoms with Crippen LogP contribution in [0.25, 0.3) is 28.1 Å². The highest BCUT2D eigenvalue weighted by molar-refractivity contribution is 7.16. The molecule has 2 heterocycles. The van der Waals surface area contributed by atoms with Crippen LogP contribution < -0.4 is 5.32 Å². The van der Waals surface area contributed by atoms with Crippen LogP contribution in [0.2, 0.25) is 0 Å². The number of hydrogen-bond acceptors (Lipinski definition) is 6. The fraction of sp³-hybridized carbons (Fsp3) is 0. The van der Waals surface area contributed by atoms with Crippen molar-refractivity contribution in [2.24, 2.45) is 0 Å². The first-order chi connectivity index (χ1) is 13.6. The first-order valence-corrected chi connectivity index (χ1v) is 9.97. The highest BCUT2D eigenvalue weighted by atomic mass is 32.1. The summed E-state index contributed by atoms with van der Waals surface area (Å²) in [5, 5.41) is 18.1. The summed E-state index contributed by atoms with van der Waals surface area (Å²) in [5.41, 5.74) is 1.81. The molecule has 0 spiro atoms. The van der Waals surface area contributed by atoms with E-state index in [1.807, 2.05) is 47.8 Å². The van der Waals surface area contributed by atoms with Crippen LogP contribution in [0.15, 0.2) is 66.1 Å². The predicted molar refractivity (Wildman–Crippen MR) is 114 cm³/mol. The number of benzene rings is 2. The van der Waals surface area contributed by atoms with Crippen molar-refractivity contribution < 1.29 is 9.72 Å². The number of nitrogens with zero attached hydrogens (tertiary/aromatic N) is 2. The lowest BCUT2D eigenvalue weighted by Crippen LogP contribution is -2.07. The van der Waals surface area contributed by atoms with Crippen LogP contribution in [0.3, 0.4) is 0 Å². The Morgan fingerprint density at radius 2 is 1.93 bits per heavy atom. The molecule has 6 nitrogen and oxygen atoms in total. The van der Waals surface area contributed by atoms with Crippen molar-refractivity contribution in [2.45, 2.75) is 0 Å². The van der Waals surface area contributed by atoms with Gasteiger partial charge in [0, 0.05) is 28.0 Å². The predicted octanol–water partition coefficient (Wildman–Crippen LogP) is 5.58. The van der Waals surface area contributed by atoms with E-state index in [1.54, 1.807) is 12.1 Å². The molecule has 0 atom stereocenters. The molecule has 0 aliphatic heterocycles. The highest BCUT2D eigenvalue weighted by Crippen LogP contribution is 2.31. The maximum Gasteiger partial charge on any atom is 0.324 e. The van der Waals surface area contributed by atoms with Crippen LogP contribution in [0.4, 0.5) is 10.1 Å². The zero-order valence-electron chi connectivity index (χ0n) is 14.4. The highest BCUT2D eigenvalue weighted by Gasteiger charge is 2.10. The Kier molecular flexibility index (Phi) is 4.96. The van der Waals surface area contributed by atoms with E-state index in [2.05, 4.69) is 10.3 Å². The van der Waals surface area contributed by atoms with Gasteiger partial charge in [0.1, 0.15) is 0 Å². The summed E-state index contributed by atoms with van der Waals surface area (Å²) in [6, 6.07) is 17.1. The van der Waals surface area contributed by atoms with Gasteiger partial charge in [-0.15, -0.1) is 11.3 Å². The molecular formula is C20H13N3O3S2. The molecule has 28 heavy (non-hydrogen) atoms. The zero-order chi connectivity index (χ0) is 19.5. The number of carbonyl (C=O) groups is 1. The average Bonchev–Trinajstić information content (AvgIpc) is 3.36. The molecule has 0 saturated carbocycles. The molecule has 0 fully saturated rings.